The third-order valence-corrected chi connectivity index (χ3v) is 7.76. The minimum atomic E-state index is -0.384. The van der Waals surface area contributed by atoms with Gasteiger partial charge in [0.05, 0.1) is 0 Å². The Bertz CT molecular complexity index is 708. The van der Waals surface area contributed by atoms with Crippen LogP contribution in [-0.2, 0) is 20.9 Å². The molecule has 0 spiro atoms. The van der Waals surface area contributed by atoms with E-state index in [4.69, 9.17) is 4.74 Å². The second-order valence-electron chi connectivity index (χ2n) is 9.93. The SMILES string of the molecule is O=C(OCc1ccccc1)[C@@H]1CCCN1C(=O)CC12CC3CC(CC(C3)C1)C2. The van der Waals surface area contributed by atoms with Gasteiger partial charge in [-0.15, -0.1) is 0 Å². The summed E-state index contributed by atoms with van der Waals surface area (Å²) in [5.41, 5.74) is 1.22. The number of nitrogens with zero attached hydrogens (tertiary/aromatic N) is 1. The summed E-state index contributed by atoms with van der Waals surface area (Å²) in [4.78, 5) is 27.8. The average Bonchev–Trinajstić information content (AvgIpc) is 3.16. The highest BCUT2D eigenvalue weighted by molar-refractivity contribution is 5.85. The quantitative estimate of drug-likeness (QED) is 0.713. The largest absolute Gasteiger partial charge is 0.459 e. The number of hydrogen-bond donors (Lipinski definition) is 0. The zero-order chi connectivity index (χ0) is 19.1. The Morgan fingerprint density at radius 3 is 2.29 bits per heavy atom. The molecule has 1 amide bonds. The Kier molecular flexibility index (Phi) is 4.68. The minimum Gasteiger partial charge on any atom is -0.459 e. The summed E-state index contributed by atoms with van der Waals surface area (Å²) in [7, 11) is 0. The zero-order valence-corrected chi connectivity index (χ0v) is 16.6. The molecule has 1 saturated heterocycles. The van der Waals surface area contributed by atoms with Crippen molar-refractivity contribution in [3.63, 3.8) is 0 Å². The molecule has 0 aromatic heterocycles. The van der Waals surface area contributed by atoms with Crippen molar-refractivity contribution in [2.75, 3.05) is 6.54 Å². The number of esters is 1. The predicted molar refractivity (Wildman–Crippen MR) is 106 cm³/mol. The Morgan fingerprint density at radius 1 is 1.00 bits per heavy atom. The summed E-state index contributed by atoms with van der Waals surface area (Å²) in [6.45, 7) is 0.990. The van der Waals surface area contributed by atoms with Gasteiger partial charge in [0.1, 0.15) is 12.6 Å². The zero-order valence-electron chi connectivity index (χ0n) is 16.6. The predicted octanol–water partition coefficient (Wildman–Crippen LogP) is 4.33. The summed E-state index contributed by atoms with van der Waals surface area (Å²) in [5.74, 6) is 2.51. The third-order valence-electron chi connectivity index (χ3n) is 7.76. The molecule has 4 heteroatoms. The standard InChI is InChI=1S/C24H31NO3/c26-22(15-24-12-18-9-19(13-24)11-20(10-18)14-24)25-8-4-7-21(25)23(27)28-16-17-5-2-1-3-6-17/h1-3,5-6,18-21H,4,7-16H2/t18?,19?,20?,21-,24?/m0/s1. The molecule has 4 bridgehead atoms. The highest BCUT2D eigenvalue weighted by atomic mass is 16.5. The first kappa shape index (κ1) is 18.2. The van der Waals surface area contributed by atoms with E-state index in [1.54, 1.807) is 0 Å². The van der Waals surface area contributed by atoms with Crippen LogP contribution in [0.1, 0.15) is 63.4 Å². The van der Waals surface area contributed by atoms with Crippen LogP contribution in [0.3, 0.4) is 0 Å². The van der Waals surface area contributed by atoms with Crippen LogP contribution in [0.15, 0.2) is 30.3 Å². The topological polar surface area (TPSA) is 46.6 Å². The van der Waals surface area contributed by atoms with Crippen LogP contribution in [0.5, 0.6) is 0 Å². The van der Waals surface area contributed by atoms with E-state index in [1.807, 2.05) is 35.2 Å². The summed E-state index contributed by atoms with van der Waals surface area (Å²) in [6, 6.07) is 9.37. The first-order chi connectivity index (χ1) is 13.6. The van der Waals surface area contributed by atoms with Gasteiger partial charge in [0, 0.05) is 13.0 Å². The number of amides is 1. The van der Waals surface area contributed by atoms with Crippen LogP contribution in [0.4, 0.5) is 0 Å². The van der Waals surface area contributed by atoms with Gasteiger partial charge >= 0.3 is 5.97 Å². The maximum Gasteiger partial charge on any atom is 0.329 e. The highest BCUT2D eigenvalue weighted by Gasteiger charge is 2.52. The summed E-state index contributed by atoms with van der Waals surface area (Å²) in [5, 5.41) is 0. The van der Waals surface area contributed by atoms with Gasteiger partial charge in [-0.2, -0.15) is 0 Å². The van der Waals surface area contributed by atoms with Gasteiger partial charge in [0.15, 0.2) is 0 Å². The van der Waals surface area contributed by atoms with Crippen molar-refractivity contribution in [1.29, 1.82) is 0 Å². The first-order valence-electron chi connectivity index (χ1n) is 11.1. The van der Waals surface area contributed by atoms with E-state index in [-0.39, 0.29) is 29.9 Å². The average molecular weight is 382 g/mol. The van der Waals surface area contributed by atoms with Crippen molar-refractivity contribution >= 4 is 11.9 Å². The van der Waals surface area contributed by atoms with Gasteiger partial charge in [-0.05, 0) is 80.1 Å². The smallest absolute Gasteiger partial charge is 0.329 e. The summed E-state index contributed by atoms with van der Waals surface area (Å²) in [6.07, 6.45) is 10.2. The normalized spacial score (nSPS) is 35.9. The molecule has 6 rings (SSSR count). The van der Waals surface area contributed by atoms with Crippen LogP contribution in [-0.4, -0.2) is 29.4 Å². The molecule has 1 heterocycles. The van der Waals surface area contributed by atoms with Gasteiger partial charge in [-0.25, -0.2) is 4.79 Å². The maximum absolute atomic E-state index is 13.2. The fraction of sp³-hybridized carbons (Fsp3) is 0.667. The molecule has 5 fully saturated rings. The van der Waals surface area contributed by atoms with E-state index in [9.17, 15) is 9.59 Å². The molecule has 1 aromatic rings. The Balaban J connectivity index is 1.21. The van der Waals surface area contributed by atoms with Crippen LogP contribution in [0.25, 0.3) is 0 Å². The van der Waals surface area contributed by atoms with Crippen molar-refractivity contribution < 1.29 is 14.3 Å². The number of ether oxygens (including phenoxy) is 1. The number of hydrogen-bond acceptors (Lipinski definition) is 3. The van der Waals surface area contributed by atoms with E-state index in [0.717, 1.165) is 36.2 Å². The molecule has 0 N–H and O–H groups in total. The van der Waals surface area contributed by atoms with Gasteiger partial charge in [-0.1, -0.05) is 30.3 Å². The summed E-state index contributed by atoms with van der Waals surface area (Å²) < 4.78 is 5.55. The molecule has 0 unspecified atom stereocenters. The van der Waals surface area contributed by atoms with E-state index in [0.29, 0.717) is 13.0 Å². The molecule has 4 nitrogen and oxygen atoms in total. The van der Waals surface area contributed by atoms with Gasteiger partial charge in [0.25, 0.3) is 0 Å². The molecule has 1 aromatic carbocycles. The maximum atomic E-state index is 13.2. The Hall–Kier alpha value is -1.84. The monoisotopic (exact) mass is 381 g/mol. The van der Waals surface area contributed by atoms with Crippen molar-refractivity contribution in [3.05, 3.63) is 35.9 Å². The molecular formula is C24H31NO3. The van der Waals surface area contributed by atoms with Crippen LogP contribution in [0.2, 0.25) is 0 Å². The van der Waals surface area contributed by atoms with Gasteiger partial charge in [0.2, 0.25) is 5.91 Å². The molecule has 150 valence electrons. The van der Waals surface area contributed by atoms with Crippen molar-refractivity contribution in [2.45, 2.75) is 70.4 Å². The number of benzene rings is 1. The third kappa shape index (κ3) is 3.46. The molecule has 0 radical (unpaired) electrons. The van der Waals surface area contributed by atoms with Gasteiger partial charge < -0.3 is 9.64 Å². The fourth-order valence-electron chi connectivity index (χ4n) is 7.06. The number of rotatable bonds is 5. The van der Waals surface area contributed by atoms with E-state index >= 15 is 0 Å². The van der Waals surface area contributed by atoms with Crippen molar-refractivity contribution in [3.8, 4) is 0 Å². The summed E-state index contributed by atoms with van der Waals surface area (Å²) >= 11 is 0. The number of likely N-dealkylation sites (tertiary alicyclic amines) is 1. The van der Waals surface area contributed by atoms with Crippen LogP contribution < -0.4 is 0 Å². The van der Waals surface area contributed by atoms with Crippen molar-refractivity contribution in [2.24, 2.45) is 23.2 Å². The van der Waals surface area contributed by atoms with E-state index in [1.165, 1.54) is 38.5 Å². The Labute approximate surface area is 167 Å². The molecule has 5 aliphatic rings. The molecule has 1 atom stereocenters. The molecule has 1 aliphatic heterocycles. The molecule has 4 aliphatic carbocycles. The second kappa shape index (κ2) is 7.20. The van der Waals surface area contributed by atoms with Crippen LogP contribution >= 0.6 is 0 Å². The minimum absolute atomic E-state index is 0.195. The molecular weight excluding hydrogens is 350 g/mol. The van der Waals surface area contributed by atoms with Gasteiger partial charge in [-0.3, -0.25) is 4.79 Å². The van der Waals surface area contributed by atoms with Crippen LogP contribution in [0, 0.1) is 23.2 Å². The Morgan fingerprint density at radius 2 is 1.64 bits per heavy atom. The lowest BCUT2D eigenvalue weighted by Crippen LogP contribution is -2.49. The fourth-order valence-corrected chi connectivity index (χ4v) is 7.06. The second-order valence-corrected chi connectivity index (χ2v) is 9.93. The molecule has 28 heavy (non-hydrogen) atoms. The van der Waals surface area contributed by atoms with Crippen molar-refractivity contribution in [1.82, 2.24) is 4.90 Å². The first-order valence-corrected chi connectivity index (χ1v) is 11.1. The lowest BCUT2D eigenvalue weighted by molar-refractivity contribution is -0.156. The lowest BCUT2D eigenvalue weighted by Gasteiger charge is -2.57. The highest BCUT2D eigenvalue weighted by Crippen LogP contribution is 2.61. The number of carbonyl (C=O) groups excluding carboxylic acids is 2. The van der Waals surface area contributed by atoms with E-state index < -0.39 is 0 Å². The molecule has 4 saturated carbocycles. The number of carbonyl (C=O) groups is 2. The van der Waals surface area contributed by atoms with E-state index in [2.05, 4.69) is 0 Å². The lowest BCUT2D eigenvalue weighted by atomic mass is 9.49.